The molecule has 2 heterocycles. The largest absolute Gasteiger partial charge is 0.476 e. The van der Waals surface area contributed by atoms with Crippen LogP contribution in [0.5, 0.6) is 0 Å². The van der Waals surface area contributed by atoms with Crippen LogP contribution >= 0.6 is 11.3 Å². The first kappa shape index (κ1) is 15.2. The number of nitrogens with zero attached hydrogens (tertiary/aromatic N) is 2. The molecule has 0 radical (unpaired) electrons. The van der Waals surface area contributed by atoms with Crippen molar-refractivity contribution in [3.63, 3.8) is 0 Å². The number of carbonyl (C=O) groups excluding carboxylic acids is 2. The van der Waals surface area contributed by atoms with Gasteiger partial charge in [0.05, 0.1) is 6.54 Å². The number of carbonyl (C=O) groups is 3. The number of thiazole rings is 1. The molecule has 1 aliphatic heterocycles. The molecule has 21 heavy (non-hydrogen) atoms. The van der Waals surface area contributed by atoms with Crippen LogP contribution < -0.4 is 11.1 Å². The molecule has 0 atom stereocenters. The summed E-state index contributed by atoms with van der Waals surface area (Å²) in [4.78, 5) is 39.2. The van der Waals surface area contributed by atoms with Crippen molar-refractivity contribution in [3.05, 3.63) is 16.1 Å². The number of aromatic nitrogens is 1. The number of hydrogen-bond donors (Lipinski definition) is 3. The van der Waals surface area contributed by atoms with Crippen molar-refractivity contribution in [1.82, 2.24) is 15.2 Å². The Bertz CT molecular complexity index is 551. The second-order valence-electron chi connectivity index (χ2n) is 4.75. The van der Waals surface area contributed by atoms with Gasteiger partial charge in [0.2, 0.25) is 5.91 Å². The van der Waals surface area contributed by atoms with E-state index in [2.05, 4.69) is 10.3 Å². The molecule has 0 aromatic carbocycles. The van der Waals surface area contributed by atoms with Crippen LogP contribution in [-0.2, 0) is 11.3 Å². The monoisotopic (exact) mass is 312 g/mol. The molecule has 1 aromatic heterocycles. The van der Waals surface area contributed by atoms with Gasteiger partial charge >= 0.3 is 12.0 Å². The molecule has 1 fully saturated rings. The minimum absolute atomic E-state index is 0.0217. The fourth-order valence-electron chi connectivity index (χ4n) is 2.12. The zero-order chi connectivity index (χ0) is 15.4. The van der Waals surface area contributed by atoms with Crippen LogP contribution in [0.25, 0.3) is 0 Å². The number of rotatable bonds is 4. The van der Waals surface area contributed by atoms with Gasteiger partial charge in [0.1, 0.15) is 5.01 Å². The molecular formula is C12H16N4O4S. The summed E-state index contributed by atoms with van der Waals surface area (Å²) < 4.78 is 0. The lowest BCUT2D eigenvalue weighted by atomic mass is 9.96. The molecule has 3 amide bonds. The Labute approximate surface area is 124 Å². The number of urea groups is 1. The molecule has 8 nitrogen and oxygen atoms in total. The summed E-state index contributed by atoms with van der Waals surface area (Å²) in [5.41, 5.74) is 5.22. The standard InChI is InChI=1S/C12H16N4O4S/c13-10(17)7-1-3-16(4-2-7)12(20)14-5-9-15-8(6-21-9)11(18)19/h6-7H,1-5H2,(H2,13,17)(H,14,20)(H,18,19). The smallest absolute Gasteiger partial charge is 0.355 e. The lowest BCUT2D eigenvalue weighted by Crippen LogP contribution is -2.46. The van der Waals surface area contributed by atoms with E-state index in [9.17, 15) is 14.4 Å². The Hall–Kier alpha value is -2.16. The van der Waals surface area contributed by atoms with Gasteiger partial charge in [-0.25, -0.2) is 14.6 Å². The summed E-state index contributed by atoms with van der Waals surface area (Å²) in [6.07, 6.45) is 1.15. The third kappa shape index (κ3) is 3.91. The van der Waals surface area contributed by atoms with E-state index in [0.717, 1.165) is 0 Å². The SMILES string of the molecule is NC(=O)C1CCN(C(=O)NCc2nc(C(=O)O)cs2)CC1. The predicted octanol–water partition coefficient (Wildman–Crippen LogP) is 0.248. The highest BCUT2D eigenvalue weighted by Gasteiger charge is 2.25. The maximum Gasteiger partial charge on any atom is 0.355 e. The van der Waals surface area contributed by atoms with Crippen LogP contribution in [0.15, 0.2) is 5.38 Å². The van der Waals surface area contributed by atoms with Crippen molar-refractivity contribution in [2.24, 2.45) is 11.7 Å². The zero-order valence-corrected chi connectivity index (χ0v) is 12.1. The number of carboxylic acids is 1. The minimum atomic E-state index is -1.09. The first-order chi connectivity index (χ1) is 9.97. The molecule has 0 bridgehead atoms. The summed E-state index contributed by atoms with van der Waals surface area (Å²) in [6.45, 7) is 1.15. The molecule has 9 heteroatoms. The average molecular weight is 312 g/mol. The number of hydrogen-bond acceptors (Lipinski definition) is 5. The molecule has 0 spiro atoms. The van der Waals surface area contributed by atoms with E-state index in [1.54, 1.807) is 4.90 Å². The summed E-state index contributed by atoms with van der Waals surface area (Å²) >= 11 is 1.18. The summed E-state index contributed by atoms with van der Waals surface area (Å²) in [5, 5.41) is 13.4. The van der Waals surface area contributed by atoms with E-state index < -0.39 is 5.97 Å². The van der Waals surface area contributed by atoms with E-state index in [0.29, 0.717) is 30.9 Å². The summed E-state index contributed by atoms with van der Waals surface area (Å²) in [5.74, 6) is -1.57. The van der Waals surface area contributed by atoms with Crippen molar-refractivity contribution in [1.29, 1.82) is 0 Å². The van der Waals surface area contributed by atoms with Gasteiger partial charge in [-0.05, 0) is 12.8 Å². The second kappa shape index (κ2) is 6.53. The van der Waals surface area contributed by atoms with Crippen LogP contribution in [0.2, 0.25) is 0 Å². The Kier molecular flexibility index (Phi) is 4.73. The first-order valence-corrected chi connectivity index (χ1v) is 7.35. The van der Waals surface area contributed by atoms with Gasteiger partial charge in [0.25, 0.3) is 0 Å². The normalized spacial score (nSPS) is 15.7. The van der Waals surface area contributed by atoms with Crippen LogP contribution in [-0.4, -0.2) is 46.0 Å². The van der Waals surface area contributed by atoms with Crippen LogP contribution in [0.3, 0.4) is 0 Å². The fourth-order valence-corrected chi connectivity index (χ4v) is 2.83. The first-order valence-electron chi connectivity index (χ1n) is 6.47. The number of likely N-dealkylation sites (tertiary alicyclic amines) is 1. The molecule has 4 N–H and O–H groups in total. The van der Waals surface area contributed by atoms with Gasteiger partial charge in [-0.1, -0.05) is 0 Å². The minimum Gasteiger partial charge on any atom is -0.476 e. The molecule has 114 valence electrons. The molecule has 1 aliphatic rings. The highest BCUT2D eigenvalue weighted by molar-refractivity contribution is 7.09. The number of piperidine rings is 1. The van der Waals surface area contributed by atoms with Crippen LogP contribution in [0.4, 0.5) is 4.79 Å². The number of primary amides is 1. The quantitative estimate of drug-likeness (QED) is 0.734. The number of aromatic carboxylic acids is 1. The molecule has 2 rings (SSSR count). The molecular weight excluding hydrogens is 296 g/mol. The van der Waals surface area contributed by atoms with Crippen molar-refractivity contribution in [3.8, 4) is 0 Å². The van der Waals surface area contributed by atoms with Crippen molar-refractivity contribution < 1.29 is 19.5 Å². The average Bonchev–Trinajstić information content (AvgIpc) is 2.94. The van der Waals surface area contributed by atoms with Gasteiger partial charge in [-0.3, -0.25) is 4.79 Å². The van der Waals surface area contributed by atoms with Crippen LogP contribution in [0, 0.1) is 5.92 Å². The number of amides is 3. The third-order valence-corrected chi connectivity index (χ3v) is 4.20. The third-order valence-electron chi connectivity index (χ3n) is 3.35. The van der Waals surface area contributed by atoms with Crippen molar-refractivity contribution in [2.75, 3.05) is 13.1 Å². The number of carboxylic acid groups (broad SMARTS) is 1. The van der Waals surface area contributed by atoms with E-state index >= 15 is 0 Å². The Morgan fingerprint density at radius 2 is 2.10 bits per heavy atom. The van der Waals surface area contributed by atoms with Crippen molar-refractivity contribution >= 4 is 29.2 Å². The maximum absolute atomic E-state index is 11.9. The maximum atomic E-state index is 11.9. The second-order valence-corrected chi connectivity index (χ2v) is 5.70. The van der Waals surface area contributed by atoms with Gasteiger partial charge in [-0.15, -0.1) is 11.3 Å². The highest BCUT2D eigenvalue weighted by Crippen LogP contribution is 2.16. The number of nitrogens with two attached hydrogens (primary N) is 1. The zero-order valence-electron chi connectivity index (χ0n) is 11.2. The Morgan fingerprint density at radius 3 is 2.62 bits per heavy atom. The van der Waals surface area contributed by atoms with E-state index in [-0.39, 0.29) is 30.1 Å². The lowest BCUT2D eigenvalue weighted by molar-refractivity contribution is -0.123. The van der Waals surface area contributed by atoms with E-state index in [1.807, 2.05) is 0 Å². The molecule has 0 unspecified atom stereocenters. The molecule has 1 aromatic rings. The van der Waals surface area contributed by atoms with Crippen LogP contribution in [0.1, 0.15) is 28.3 Å². The molecule has 1 saturated heterocycles. The summed E-state index contributed by atoms with van der Waals surface area (Å²) in [7, 11) is 0. The summed E-state index contributed by atoms with van der Waals surface area (Å²) in [6, 6.07) is -0.245. The highest BCUT2D eigenvalue weighted by atomic mass is 32.1. The Morgan fingerprint density at radius 1 is 1.43 bits per heavy atom. The van der Waals surface area contributed by atoms with Crippen molar-refractivity contribution in [2.45, 2.75) is 19.4 Å². The fraction of sp³-hybridized carbons (Fsp3) is 0.500. The topological polar surface area (TPSA) is 126 Å². The van der Waals surface area contributed by atoms with E-state index in [4.69, 9.17) is 10.8 Å². The molecule has 0 aliphatic carbocycles. The number of nitrogens with one attached hydrogen (secondary N) is 1. The van der Waals surface area contributed by atoms with Gasteiger partial charge < -0.3 is 21.1 Å². The van der Waals surface area contributed by atoms with Gasteiger partial charge in [-0.2, -0.15) is 0 Å². The van der Waals surface area contributed by atoms with Gasteiger partial charge in [0.15, 0.2) is 5.69 Å². The van der Waals surface area contributed by atoms with E-state index in [1.165, 1.54) is 16.7 Å². The Balaban J connectivity index is 1.79. The van der Waals surface area contributed by atoms with Gasteiger partial charge in [0, 0.05) is 24.4 Å². The lowest BCUT2D eigenvalue weighted by Gasteiger charge is -2.30. The molecule has 0 saturated carbocycles. The predicted molar refractivity (Wildman–Crippen MR) is 74.8 cm³/mol.